The standard InChI is InChI=1S/C27H34/c1-17-13-19-15-22-24(27(7,8)16-26(22,5)6)23(21(19)14-17)18-9-11-20(12-10-18)25(2,3)4/h9-12,14-15H,13,16H2,1-8H3. The van der Waals surface area contributed by atoms with Gasteiger partial charge in [0.1, 0.15) is 0 Å². The number of hydrogen-bond acceptors (Lipinski definition) is 0. The molecule has 2 aromatic rings. The van der Waals surface area contributed by atoms with E-state index in [2.05, 4.69) is 91.8 Å². The van der Waals surface area contributed by atoms with Crippen molar-refractivity contribution < 1.29 is 0 Å². The molecule has 0 heteroatoms. The van der Waals surface area contributed by atoms with Crippen LogP contribution in [-0.2, 0) is 22.7 Å². The van der Waals surface area contributed by atoms with Crippen molar-refractivity contribution in [3.63, 3.8) is 0 Å². The zero-order valence-electron chi connectivity index (χ0n) is 18.4. The van der Waals surface area contributed by atoms with Gasteiger partial charge in [-0.3, -0.25) is 0 Å². The average molecular weight is 359 g/mol. The van der Waals surface area contributed by atoms with E-state index in [1.807, 2.05) is 0 Å². The van der Waals surface area contributed by atoms with Crippen LogP contribution < -0.4 is 0 Å². The van der Waals surface area contributed by atoms with Gasteiger partial charge in [-0.05, 0) is 75.0 Å². The Morgan fingerprint density at radius 2 is 1.52 bits per heavy atom. The molecule has 0 N–H and O–H groups in total. The summed E-state index contributed by atoms with van der Waals surface area (Å²) in [6, 6.07) is 11.9. The number of rotatable bonds is 1. The van der Waals surface area contributed by atoms with Crippen LogP contribution in [0.3, 0.4) is 0 Å². The minimum atomic E-state index is 0.191. The molecule has 0 fully saturated rings. The first kappa shape index (κ1) is 18.5. The largest absolute Gasteiger partial charge is 0.0683 e. The van der Waals surface area contributed by atoms with Crippen LogP contribution in [0.2, 0.25) is 0 Å². The highest BCUT2D eigenvalue weighted by Crippen LogP contribution is 2.55. The summed E-state index contributed by atoms with van der Waals surface area (Å²) < 4.78 is 0. The van der Waals surface area contributed by atoms with E-state index in [0.717, 1.165) is 6.42 Å². The van der Waals surface area contributed by atoms with E-state index in [-0.39, 0.29) is 16.2 Å². The van der Waals surface area contributed by atoms with Crippen LogP contribution >= 0.6 is 0 Å². The topological polar surface area (TPSA) is 0 Å². The van der Waals surface area contributed by atoms with Crippen LogP contribution in [0.25, 0.3) is 17.2 Å². The molecule has 0 aliphatic heterocycles. The normalized spacial score (nSPS) is 19.6. The zero-order chi connectivity index (χ0) is 19.8. The van der Waals surface area contributed by atoms with Crippen molar-refractivity contribution in [2.24, 2.45) is 0 Å². The van der Waals surface area contributed by atoms with Crippen LogP contribution in [0.5, 0.6) is 0 Å². The smallest absolute Gasteiger partial charge is 0.00603 e. The fourth-order valence-electron chi connectivity index (χ4n) is 5.62. The maximum Gasteiger partial charge on any atom is -0.00603 e. The molecule has 0 radical (unpaired) electrons. The molecule has 0 saturated heterocycles. The summed E-state index contributed by atoms with van der Waals surface area (Å²) in [5, 5.41) is 0. The lowest BCUT2D eigenvalue weighted by molar-refractivity contribution is 0.403. The molecule has 4 rings (SSSR count). The Balaban J connectivity index is 2.01. The van der Waals surface area contributed by atoms with Gasteiger partial charge in [-0.25, -0.2) is 0 Å². The molecule has 0 amide bonds. The second-order valence-electron chi connectivity index (χ2n) is 11.2. The molecular formula is C27H34. The number of allylic oxidation sites excluding steroid dienone is 1. The van der Waals surface area contributed by atoms with Crippen molar-refractivity contribution in [1.82, 2.24) is 0 Å². The van der Waals surface area contributed by atoms with Crippen molar-refractivity contribution in [3.05, 3.63) is 63.7 Å². The van der Waals surface area contributed by atoms with Crippen LogP contribution in [0.15, 0.2) is 35.9 Å². The van der Waals surface area contributed by atoms with E-state index in [1.165, 1.54) is 39.8 Å². The Kier molecular flexibility index (Phi) is 3.84. The van der Waals surface area contributed by atoms with Crippen molar-refractivity contribution in [2.75, 3.05) is 0 Å². The molecule has 0 heterocycles. The Labute approximate surface area is 165 Å². The number of hydrogen-bond donors (Lipinski definition) is 0. The molecule has 0 nitrogen and oxygen atoms in total. The van der Waals surface area contributed by atoms with E-state index in [0.29, 0.717) is 0 Å². The van der Waals surface area contributed by atoms with Gasteiger partial charge in [-0.2, -0.15) is 0 Å². The van der Waals surface area contributed by atoms with Crippen molar-refractivity contribution in [3.8, 4) is 11.1 Å². The predicted molar refractivity (Wildman–Crippen MR) is 119 cm³/mol. The Morgan fingerprint density at radius 1 is 0.889 bits per heavy atom. The molecule has 27 heavy (non-hydrogen) atoms. The van der Waals surface area contributed by atoms with Gasteiger partial charge in [-0.15, -0.1) is 0 Å². The first-order valence-corrected chi connectivity index (χ1v) is 10.4. The Bertz CT molecular complexity index is 941. The average Bonchev–Trinajstić information content (AvgIpc) is 2.98. The summed E-state index contributed by atoms with van der Waals surface area (Å²) in [6.07, 6.45) is 4.75. The SMILES string of the molecule is CC1=Cc2c(cc3c(c2-c2ccc(C(C)(C)C)cc2)C(C)(C)CC3(C)C)C1. The molecule has 0 unspecified atom stereocenters. The van der Waals surface area contributed by atoms with Gasteiger partial charge < -0.3 is 0 Å². The molecule has 0 saturated carbocycles. The maximum atomic E-state index is 2.53. The van der Waals surface area contributed by atoms with Gasteiger partial charge in [0, 0.05) is 0 Å². The molecule has 0 atom stereocenters. The summed E-state index contributed by atoms with van der Waals surface area (Å²) >= 11 is 0. The van der Waals surface area contributed by atoms with E-state index in [4.69, 9.17) is 0 Å². The Morgan fingerprint density at radius 3 is 2.11 bits per heavy atom. The third-order valence-corrected chi connectivity index (χ3v) is 6.64. The van der Waals surface area contributed by atoms with E-state index >= 15 is 0 Å². The first-order valence-electron chi connectivity index (χ1n) is 10.4. The molecule has 0 aromatic heterocycles. The van der Waals surface area contributed by atoms with Crippen molar-refractivity contribution in [2.45, 2.75) is 84.5 Å². The van der Waals surface area contributed by atoms with Crippen LogP contribution in [0.4, 0.5) is 0 Å². The molecule has 2 aromatic carbocycles. The van der Waals surface area contributed by atoms with Gasteiger partial charge in [0.25, 0.3) is 0 Å². The summed E-state index contributed by atoms with van der Waals surface area (Å²) in [7, 11) is 0. The first-order chi connectivity index (χ1) is 12.4. The number of benzene rings is 2. The minimum absolute atomic E-state index is 0.191. The van der Waals surface area contributed by atoms with Gasteiger partial charge >= 0.3 is 0 Å². The monoisotopic (exact) mass is 358 g/mol. The highest BCUT2D eigenvalue weighted by molar-refractivity contribution is 5.86. The summed E-state index contributed by atoms with van der Waals surface area (Å²) in [6.45, 7) is 18.9. The predicted octanol–water partition coefficient (Wildman–Crippen LogP) is 7.57. The van der Waals surface area contributed by atoms with E-state index in [1.54, 1.807) is 11.1 Å². The third kappa shape index (κ3) is 2.89. The molecule has 0 bridgehead atoms. The lowest BCUT2D eigenvalue weighted by atomic mass is 9.78. The molecule has 2 aliphatic rings. The second kappa shape index (κ2) is 5.60. The van der Waals surface area contributed by atoms with Gasteiger partial charge in [-0.1, -0.05) is 90.4 Å². The van der Waals surface area contributed by atoms with Gasteiger partial charge in [0.15, 0.2) is 0 Å². The van der Waals surface area contributed by atoms with Crippen molar-refractivity contribution in [1.29, 1.82) is 0 Å². The summed E-state index contributed by atoms with van der Waals surface area (Å²) in [5.41, 5.74) is 12.6. The lowest BCUT2D eigenvalue weighted by Gasteiger charge is -2.26. The third-order valence-electron chi connectivity index (χ3n) is 6.64. The second-order valence-corrected chi connectivity index (χ2v) is 11.2. The molecular weight excluding hydrogens is 324 g/mol. The van der Waals surface area contributed by atoms with E-state index < -0.39 is 0 Å². The fourth-order valence-corrected chi connectivity index (χ4v) is 5.62. The quantitative estimate of drug-likeness (QED) is 0.493. The number of fused-ring (bicyclic) bond motifs is 2. The maximum absolute atomic E-state index is 2.53. The van der Waals surface area contributed by atoms with Crippen LogP contribution in [0, 0.1) is 0 Å². The molecule has 2 aliphatic carbocycles. The van der Waals surface area contributed by atoms with Crippen molar-refractivity contribution >= 4 is 6.08 Å². The van der Waals surface area contributed by atoms with Crippen LogP contribution in [-0.4, -0.2) is 0 Å². The summed E-state index contributed by atoms with van der Waals surface area (Å²) in [4.78, 5) is 0. The minimum Gasteiger partial charge on any atom is -0.0683 e. The summed E-state index contributed by atoms with van der Waals surface area (Å²) in [5.74, 6) is 0. The van der Waals surface area contributed by atoms with Gasteiger partial charge in [0.2, 0.25) is 0 Å². The molecule has 142 valence electrons. The Hall–Kier alpha value is -1.82. The lowest BCUT2D eigenvalue weighted by Crippen LogP contribution is -2.18. The van der Waals surface area contributed by atoms with Gasteiger partial charge in [0.05, 0.1) is 0 Å². The highest BCUT2D eigenvalue weighted by Gasteiger charge is 2.44. The highest BCUT2D eigenvalue weighted by atomic mass is 14.5. The van der Waals surface area contributed by atoms with Crippen LogP contribution in [0.1, 0.15) is 89.6 Å². The fraction of sp³-hybridized carbons (Fsp3) is 0.481. The molecule has 0 spiro atoms. The zero-order valence-corrected chi connectivity index (χ0v) is 18.4. The van der Waals surface area contributed by atoms with E-state index in [9.17, 15) is 0 Å².